The molecule has 0 spiro atoms. The number of carbonyl (C=O) groups is 1. The summed E-state index contributed by atoms with van der Waals surface area (Å²) >= 11 is 0. The minimum atomic E-state index is -1.05. The van der Waals surface area contributed by atoms with Gasteiger partial charge in [0, 0.05) is 23.3 Å². The van der Waals surface area contributed by atoms with Crippen LogP contribution in [0.3, 0.4) is 0 Å². The molecule has 1 amide bonds. The number of halogens is 1. The Hall–Kier alpha value is -3.16. The summed E-state index contributed by atoms with van der Waals surface area (Å²) in [4.78, 5) is 28.9. The number of rotatable bonds is 4. The lowest BCUT2D eigenvalue weighted by Gasteiger charge is -2.10. The van der Waals surface area contributed by atoms with Gasteiger partial charge in [-0.05, 0) is 30.4 Å². The van der Waals surface area contributed by atoms with Crippen molar-refractivity contribution in [2.75, 3.05) is 11.1 Å². The van der Waals surface area contributed by atoms with Gasteiger partial charge in [-0.25, -0.2) is 24.3 Å². The van der Waals surface area contributed by atoms with Gasteiger partial charge in [-0.3, -0.25) is 4.79 Å². The van der Waals surface area contributed by atoms with Crippen molar-refractivity contribution in [3.63, 3.8) is 0 Å². The highest BCUT2D eigenvalue weighted by molar-refractivity contribution is 5.98. The summed E-state index contributed by atoms with van der Waals surface area (Å²) in [6.45, 7) is 2.00. The van der Waals surface area contributed by atoms with Gasteiger partial charge >= 0.3 is 0 Å². The third-order valence-electron chi connectivity index (χ3n) is 4.45. The smallest absolute Gasteiger partial charge is 0.231 e. The van der Waals surface area contributed by atoms with Crippen LogP contribution in [0.4, 0.5) is 16.0 Å². The van der Waals surface area contributed by atoms with E-state index < -0.39 is 12.1 Å². The largest absolute Gasteiger partial charge is 0.383 e. The molecule has 4 rings (SSSR count). The van der Waals surface area contributed by atoms with Crippen LogP contribution >= 0.6 is 0 Å². The minimum Gasteiger partial charge on any atom is -0.383 e. The molecule has 1 fully saturated rings. The van der Waals surface area contributed by atoms with Crippen LogP contribution in [-0.2, 0) is 11.2 Å². The van der Waals surface area contributed by atoms with E-state index >= 15 is 0 Å². The summed E-state index contributed by atoms with van der Waals surface area (Å²) in [6, 6.07) is 3.57. The SMILES string of the molecule is CCc1ncncc1-c1cc2cc(NC(=O)C3CC3F)ncc2c(N)n1. The molecule has 2 atom stereocenters. The lowest BCUT2D eigenvalue weighted by Crippen LogP contribution is -2.15. The predicted molar refractivity (Wildman–Crippen MR) is 96.0 cm³/mol. The van der Waals surface area contributed by atoms with Gasteiger partial charge in [0.05, 0.1) is 17.3 Å². The number of hydrogen-bond donors (Lipinski definition) is 2. The van der Waals surface area contributed by atoms with E-state index in [1.807, 2.05) is 13.0 Å². The van der Waals surface area contributed by atoms with Crippen molar-refractivity contribution in [2.45, 2.75) is 25.9 Å². The summed E-state index contributed by atoms with van der Waals surface area (Å²) in [5, 5.41) is 4.10. The Bertz CT molecular complexity index is 1010. The Balaban J connectivity index is 1.73. The summed E-state index contributed by atoms with van der Waals surface area (Å²) in [5.74, 6) is -0.228. The highest BCUT2D eigenvalue weighted by atomic mass is 19.1. The number of alkyl halides is 1. The second-order valence-electron chi connectivity index (χ2n) is 6.27. The van der Waals surface area contributed by atoms with Gasteiger partial charge in [0.2, 0.25) is 5.91 Å². The molecule has 8 heteroatoms. The molecule has 1 aliphatic rings. The minimum absolute atomic E-state index is 0.272. The summed E-state index contributed by atoms with van der Waals surface area (Å²) in [7, 11) is 0. The lowest BCUT2D eigenvalue weighted by molar-refractivity contribution is -0.117. The predicted octanol–water partition coefficient (Wildman–Crippen LogP) is 2.53. The van der Waals surface area contributed by atoms with Gasteiger partial charge in [0.1, 0.15) is 24.1 Å². The number of nitrogens with zero attached hydrogens (tertiary/aromatic N) is 4. The number of aryl methyl sites for hydroxylation is 1. The second-order valence-corrected chi connectivity index (χ2v) is 6.27. The van der Waals surface area contributed by atoms with E-state index in [1.54, 1.807) is 18.5 Å². The normalized spacial score (nSPS) is 18.7. The first-order valence-electron chi connectivity index (χ1n) is 8.37. The van der Waals surface area contributed by atoms with E-state index in [0.29, 0.717) is 22.7 Å². The monoisotopic (exact) mass is 352 g/mol. The van der Waals surface area contributed by atoms with E-state index in [-0.39, 0.29) is 12.3 Å². The molecule has 26 heavy (non-hydrogen) atoms. The molecular formula is C18H17FN6O. The average molecular weight is 352 g/mol. The molecule has 0 bridgehead atoms. The molecule has 0 radical (unpaired) electrons. The molecule has 3 N–H and O–H groups in total. The molecule has 3 aromatic heterocycles. The Labute approximate surface area is 148 Å². The highest BCUT2D eigenvalue weighted by Crippen LogP contribution is 2.35. The van der Waals surface area contributed by atoms with Crippen LogP contribution in [0.1, 0.15) is 19.0 Å². The van der Waals surface area contributed by atoms with Crippen LogP contribution in [0.15, 0.2) is 30.9 Å². The Morgan fingerprint density at radius 1 is 1.35 bits per heavy atom. The van der Waals surface area contributed by atoms with E-state index in [9.17, 15) is 9.18 Å². The molecule has 3 aromatic rings. The first-order chi connectivity index (χ1) is 12.6. The maximum atomic E-state index is 13.0. The second kappa shape index (κ2) is 6.29. The van der Waals surface area contributed by atoms with Gasteiger partial charge in [-0.2, -0.15) is 0 Å². The molecule has 7 nitrogen and oxygen atoms in total. The van der Waals surface area contributed by atoms with Crippen molar-refractivity contribution >= 4 is 28.3 Å². The lowest BCUT2D eigenvalue weighted by atomic mass is 10.1. The van der Waals surface area contributed by atoms with Crippen molar-refractivity contribution in [1.29, 1.82) is 0 Å². The Kier molecular flexibility index (Phi) is 3.95. The van der Waals surface area contributed by atoms with E-state index in [1.165, 1.54) is 6.33 Å². The fourth-order valence-corrected chi connectivity index (χ4v) is 2.89. The van der Waals surface area contributed by atoms with Crippen LogP contribution in [0.5, 0.6) is 0 Å². The number of fused-ring (bicyclic) bond motifs is 1. The zero-order chi connectivity index (χ0) is 18.3. The van der Waals surface area contributed by atoms with Crippen LogP contribution in [0.25, 0.3) is 22.0 Å². The van der Waals surface area contributed by atoms with Crippen molar-refractivity contribution in [3.8, 4) is 11.3 Å². The van der Waals surface area contributed by atoms with E-state index in [2.05, 4.69) is 25.3 Å². The molecule has 3 heterocycles. The first kappa shape index (κ1) is 16.3. The fraction of sp³-hybridized carbons (Fsp3) is 0.278. The summed E-state index contributed by atoms with van der Waals surface area (Å²) in [6.07, 6.45) is 4.72. The molecule has 0 aliphatic heterocycles. The van der Waals surface area contributed by atoms with Crippen LogP contribution < -0.4 is 11.1 Å². The number of anilines is 2. The van der Waals surface area contributed by atoms with Crippen molar-refractivity contribution in [3.05, 3.63) is 36.5 Å². The summed E-state index contributed by atoms with van der Waals surface area (Å²) < 4.78 is 13.0. The zero-order valence-electron chi connectivity index (χ0n) is 14.1. The highest BCUT2D eigenvalue weighted by Gasteiger charge is 2.43. The molecule has 1 saturated carbocycles. The Morgan fingerprint density at radius 3 is 2.88 bits per heavy atom. The van der Waals surface area contributed by atoms with Gasteiger partial charge in [0.25, 0.3) is 0 Å². The standard InChI is InChI=1S/C18H17FN6O/c1-2-14-12(6-21-8-23-14)15-3-9-4-16(22-7-11(9)17(20)24-15)25-18(26)10-5-13(10)19/h3-4,6-8,10,13H,2,5H2,1H3,(H2,20,24)(H,22,25,26). The quantitative estimate of drug-likeness (QED) is 0.747. The molecule has 132 valence electrons. The molecule has 0 aromatic carbocycles. The maximum Gasteiger partial charge on any atom is 0.231 e. The number of hydrogen-bond acceptors (Lipinski definition) is 6. The third-order valence-corrected chi connectivity index (χ3v) is 4.45. The fourth-order valence-electron chi connectivity index (χ4n) is 2.89. The maximum absolute atomic E-state index is 13.0. The average Bonchev–Trinajstić information content (AvgIpc) is 3.38. The molecule has 2 unspecified atom stereocenters. The van der Waals surface area contributed by atoms with Gasteiger partial charge < -0.3 is 11.1 Å². The Morgan fingerprint density at radius 2 is 2.15 bits per heavy atom. The van der Waals surface area contributed by atoms with Crippen LogP contribution in [-0.4, -0.2) is 32.0 Å². The number of nitrogens with one attached hydrogen (secondary N) is 1. The topological polar surface area (TPSA) is 107 Å². The number of nitrogen functional groups attached to an aromatic ring is 1. The third kappa shape index (κ3) is 2.94. The van der Waals surface area contributed by atoms with Crippen molar-refractivity contribution in [1.82, 2.24) is 19.9 Å². The van der Waals surface area contributed by atoms with Crippen LogP contribution in [0.2, 0.25) is 0 Å². The van der Waals surface area contributed by atoms with Gasteiger partial charge in [0.15, 0.2) is 0 Å². The van der Waals surface area contributed by atoms with E-state index in [0.717, 1.165) is 23.1 Å². The number of nitrogens with two attached hydrogens (primary N) is 1. The molecule has 0 saturated heterocycles. The number of pyridine rings is 2. The van der Waals surface area contributed by atoms with E-state index in [4.69, 9.17) is 5.73 Å². The number of amides is 1. The van der Waals surface area contributed by atoms with Crippen molar-refractivity contribution < 1.29 is 9.18 Å². The molecule has 1 aliphatic carbocycles. The zero-order valence-corrected chi connectivity index (χ0v) is 14.1. The van der Waals surface area contributed by atoms with Crippen LogP contribution in [0, 0.1) is 5.92 Å². The van der Waals surface area contributed by atoms with Crippen molar-refractivity contribution in [2.24, 2.45) is 5.92 Å². The number of carbonyl (C=O) groups excluding carboxylic acids is 1. The molecular weight excluding hydrogens is 335 g/mol. The first-order valence-corrected chi connectivity index (χ1v) is 8.37. The summed E-state index contributed by atoms with van der Waals surface area (Å²) in [5.41, 5.74) is 8.42. The van der Waals surface area contributed by atoms with Gasteiger partial charge in [-0.1, -0.05) is 6.92 Å². The van der Waals surface area contributed by atoms with Gasteiger partial charge in [-0.15, -0.1) is 0 Å². The number of aromatic nitrogens is 4.